The SMILES string of the molecule is CCCNC(=O)[C@@H]1Sc2nnc(C)n2N[C@H]1c1ccc(OCC)cc1. The number of rotatable bonds is 6. The van der Waals surface area contributed by atoms with Crippen LogP contribution in [0.2, 0.25) is 0 Å². The lowest BCUT2D eigenvalue weighted by Crippen LogP contribution is -2.44. The highest BCUT2D eigenvalue weighted by Gasteiger charge is 2.37. The van der Waals surface area contributed by atoms with E-state index in [0.717, 1.165) is 23.6 Å². The molecule has 2 heterocycles. The van der Waals surface area contributed by atoms with Crippen LogP contribution >= 0.6 is 11.8 Å². The second-order valence-corrected chi connectivity index (χ2v) is 6.91. The maximum absolute atomic E-state index is 12.7. The first kappa shape index (κ1) is 17.6. The number of benzene rings is 1. The topological polar surface area (TPSA) is 81.1 Å². The van der Waals surface area contributed by atoms with E-state index in [1.807, 2.05) is 49.7 Å². The molecule has 2 N–H and O–H groups in total. The number of hydrogen-bond acceptors (Lipinski definition) is 6. The minimum absolute atomic E-state index is 0.00476. The third-order valence-electron chi connectivity index (χ3n) is 3.96. The van der Waals surface area contributed by atoms with Gasteiger partial charge in [-0.05, 0) is 38.0 Å². The summed E-state index contributed by atoms with van der Waals surface area (Å²) in [5.41, 5.74) is 4.41. The second-order valence-electron chi connectivity index (χ2n) is 5.80. The molecule has 25 heavy (non-hydrogen) atoms. The standard InChI is InChI=1S/C17H23N5O2S/c1-4-10-18-16(23)15-14(12-6-8-13(9-7-12)24-5-2)21-22-11(3)19-20-17(22)25-15/h6-9,14-15,21H,4-5,10H2,1-3H3,(H,18,23)/t14-,15+/m0/s1. The largest absolute Gasteiger partial charge is 0.494 e. The second kappa shape index (κ2) is 7.77. The van der Waals surface area contributed by atoms with Crippen molar-refractivity contribution < 1.29 is 9.53 Å². The Balaban J connectivity index is 1.89. The zero-order valence-electron chi connectivity index (χ0n) is 14.7. The number of fused-ring (bicyclic) bond motifs is 1. The maximum atomic E-state index is 12.7. The van der Waals surface area contributed by atoms with E-state index in [2.05, 4.69) is 20.9 Å². The van der Waals surface area contributed by atoms with Crippen LogP contribution < -0.4 is 15.5 Å². The van der Waals surface area contributed by atoms with E-state index in [4.69, 9.17) is 4.74 Å². The van der Waals surface area contributed by atoms with Gasteiger partial charge in [0.05, 0.1) is 12.6 Å². The highest BCUT2D eigenvalue weighted by Crippen LogP contribution is 2.37. The molecule has 1 aliphatic heterocycles. The van der Waals surface area contributed by atoms with Gasteiger partial charge in [-0.3, -0.25) is 4.79 Å². The van der Waals surface area contributed by atoms with E-state index in [1.54, 1.807) is 0 Å². The molecule has 134 valence electrons. The summed E-state index contributed by atoms with van der Waals surface area (Å²) in [6.45, 7) is 7.17. The molecule has 1 aromatic carbocycles. The molecule has 1 aromatic heterocycles. The number of aryl methyl sites for hydroxylation is 1. The summed E-state index contributed by atoms with van der Waals surface area (Å²) in [4.78, 5) is 12.7. The van der Waals surface area contributed by atoms with Crippen molar-refractivity contribution in [2.45, 2.75) is 43.6 Å². The Hall–Kier alpha value is -2.22. The molecule has 0 aliphatic carbocycles. The molecule has 8 heteroatoms. The Kier molecular flexibility index (Phi) is 5.47. The van der Waals surface area contributed by atoms with E-state index in [0.29, 0.717) is 18.3 Å². The van der Waals surface area contributed by atoms with Crippen LogP contribution in [0.15, 0.2) is 29.4 Å². The van der Waals surface area contributed by atoms with Crippen LogP contribution in [0, 0.1) is 6.92 Å². The zero-order chi connectivity index (χ0) is 17.8. The lowest BCUT2D eigenvalue weighted by atomic mass is 10.0. The molecule has 0 spiro atoms. The summed E-state index contributed by atoms with van der Waals surface area (Å²) in [5.74, 6) is 1.60. The number of hydrogen-bond donors (Lipinski definition) is 2. The lowest BCUT2D eigenvalue weighted by molar-refractivity contribution is -0.120. The van der Waals surface area contributed by atoms with Crippen molar-refractivity contribution in [2.75, 3.05) is 18.6 Å². The highest BCUT2D eigenvalue weighted by molar-refractivity contribution is 8.00. The molecule has 2 aromatic rings. The van der Waals surface area contributed by atoms with Crippen molar-refractivity contribution in [3.63, 3.8) is 0 Å². The number of ether oxygens (including phenoxy) is 1. The van der Waals surface area contributed by atoms with Gasteiger partial charge in [0, 0.05) is 6.54 Å². The van der Waals surface area contributed by atoms with E-state index in [-0.39, 0.29) is 17.2 Å². The molecule has 3 rings (SSSR count). The van der Waals surface area contributed by atoms with Crippen LogP contribution in [0.1, 0.15) is 37.7 Å². The monoisotopic (exact) mass is 361 g/mol. The molecule has 0 saturated heterocycles. The summed E-state index contributed by atoms with van der Waals surface area (Å²) in [5, 5.41) is 11.6. The summed E-state index contributed by atoms with van der Waals surface area (Å²) in [6.07, 6.45) is 0.902. The van der Waals surface area contributed by atoms with Crippen molar-refractivity contribution in [1.29, 1.82) is 0 Å². The van der Waals surface area contributed by atoms with Crippen LogP contribution in [-0.4, -0.2) is 39.2 Å². The van der Waals surface area contributed by atoms with Crippen molar-refractivity contribution in [3.05, 3.63) is 35.7 Å². The zero-order valence-corrected chi connectivity index (χ0v) is 15.5. The maximum Gasteiger partial charge on any atom is 0.236 e. The first-order valence-corrected chi connectivity index (χ1v) is 9.37. The molecular formula is C17H23N5O2S. The van der Waals surface area contributed by atoms with Crippen LogP contribution in [0.3, 0.4) is 0 Å². The third kappa shape index (κ3) is 3.73. The number of nitrogens with one attached hydrogen (secondary N) is 2. The minimum Gasteiger partial charge on any atom is -0.494 e. The normalized spacial score (nSPS) is 19.0. The Morgan fingerprint density at radius 2 is 2.08 bits per heavy atom. The molecule has 2 atom stereocenters. The summed E-state index contributed by atoms with van der Waals surface area (Å²) < 4.78 is 7.35. The minimum atomic E-state index is -0.319. The predicted molar refractivity (Wildman–Crippen MR) is 97.4 cm³/mol. The van der Waals surface area contributed by atoms with Crippen molar-refractivity contribution >= 4 is 17.7 Å². The van der Waals surface area contributed by atoms with Gasteiger partial charge >= 0.3 is 0 Å². The quantitative estimate of drug-likeness (QED) is 0.821. The van der Waals surface area contributed by atoms with E-state index in [1.165, 1.54) is 11.8 Å². The molecule has 0 radical (unpaired) electrons. The van der Waals surface area contributed by atoms with Gasteiger partial charge in [-0.15, -0.1) is 10.2 Å². The smallest absolute Gasteiger partial charge is 0.236 e. The summed E-state index contributed by atoms with van der Waals surface area (Å²) in [6, 6.07) is 7.67. The molecule has 0 fully saturated rings. The van der Waals surface area contributed by atoms with Crippen LogP contribution in [0.4, 0.5) is 0 Å². The molecule has 1 aliphatic rings. The molecule has 7 nitrogen and oxygen atoms in total. The third-order valence-corrected chi connectivity index (χ3v) is 5.17. The summed E-state index contributed by atoms with van der Waals surface area (Å²) in [7, 11) is 0. The first-order valence-electron chi connectivity index (χ1n) is 8.49. The fourth-order valence-electron chi connectivity index (χ4n) is 2.70. The summed E-state index contributed by atoms with van der Waals surface area (Å²) >= 11 is 1.44. The van der Waals surface area contributed by atoms with Gasteiger partial charge in [0.1, 0.15) is 16.8 Å². The van der Waals surface area contributed by atoms with E-state index < -0.39 is 0 Å². The lowest BCUT2D eigenvalue weighted by Gasteiger charge is -2.32. The Morgan fingerprint density at radius 1 is 1.32 bits per heavy atom. The number of amides is 1. The molecule has 0 saturated carbocycles. The number of carbonyl (C=O) groups excluding carboxylic acids is 1. The fraction of sp³-hybridized carbons (Fsp3) is 0.471. The Labute approximate surface area is 151 Å². The number of carbonyl (C=O) groups is 1. The Morgan fingerprint density at radius 3 is 2.76 bits per heavy atom. The van der Waals surface area contributed by atoms with Crippen molar-refractivity contribution in [3.8, 4) is 5.75 Å². The average molecular weight is 361 g/mol. The predicted octanol–water partition coefficient (Wildman–Crippen LogP) is 2.27. The molecular weight excluding hydrogens is 338 g/mol. The van der Waals surface area contributed by atoms with Gasteiger partial charge < -0.3 is 15.5 Å². The number of nitrogens with zero attached hydrogens (tertiary/aromatic N) is 3. The van der Waals surface area contributed by atoms with Gasteiger partial charge in [-0.25, -0.2) is 4.68 Å². The number of aromatic nitrogens is 3. The van der Waals surface area contributed by atoms with Gasteiger partial charge in [0.2, 0.25) is 11.1 Å². The van der Waals surface area contributed by atoms with Crippen LogP contribution in [0.25, 0.3) is 0 Å². The van der Waals surface area contributed by atoms with Gasteiger partial charge in [0.15, 0.2) is 0 Å². The van der Waals surface area contributed by atoms with Crippen LogP contribution in [0.5, 0.6) is 5.75 Å². The average Bonchev–Trinajstić information content (AvgIpc) is 3.00. The molecule has 0 unspecified atom stereocenters. The fourth-order valence-corrected chi connectivity index (χ4v) is 3.85. The Bertz CT molecular complexity index is 731. The first-order chi connectivity index (χ1) is 12.1. The van der Waals surface area contributed by atoms with Crippen molar-refractivity contribution in [1.82, 2.24) is 20.2 Å². The van der Waals surface area contributed by atoms with Gasteiger partial charge in [-0.1, -0.05) is 30.8 Å². The van der Waals surface area contributed by atoms with Gasteiger partial charge in [-0.2, -0.15) is 0 Å². The van der Waals surface area contributed by atoms with E-state index >= 15 is 0 Å². The van der Waals surface area contributed by atoms with Crippen molar-refractivity contribution in [2.24, 2.45) is 0 Å². The molecule has 0 bridgehead atoms. The van der Waals surface area contributed by atoms with Crippen LogP contribution in [-0.2, 0) is 4.79 Å². The van der Waals surface area contributed by atoms with E-state index in [9.17, 15) is 4.79 Å². The highest BCUT2D eigenvalue weighted by atomic mass is 32.2. The molecule has 1 amide bonds. The number of thioether (sulfide) groups is 1. The van der Waals surface area contributed by atoms with Gasteiger partial charge in [0.25, 0.3) is 0 Å².